The first kappa shape index (κ1) is 24.6. The number of pyridine rings is 2. The fourth-order valence-electron chi connectivity index (χ4n) is 4.44. The van der Waals surface area contributed by atoms with Crippen molar-refractivity contribution < 1.29 is 0 Å². The third kappa shape index (κ3) is 4.96. The number of aromatic amines is 1. The molecule has 7 nitrogen and oxygen atoms in total. The largest absolute Gasteiger partial charge is 0.338 e. The van der Waals surface area contributed by atoms with Gasteiger partial charge in [0.1, 0.15) is 11.3 Å². The van der Waals surface area contributed by atoms with Crippen molar-refractivity contribution in [2.24, 2.45) is 0 Å². The number of nitrogens with one attached hydrogen (secondary N) is 2. The lowest BCUT2D eigenvalue weighted by Gasteiger charge is -2.16. The van der Waals surface area contributed by atoms with Crippen LogP contribution in [0.5, 0.6) is 0 Å². The molecule has 0 bridgehead atoms. The van der Waals surface area contributed by atoms with E-state index < -0.39 is 0 Å². The first-order chi connectivity index (χ1) is 17.8. The van der Waals surface area contributed by atoms with Gasteiger partial charge in [0, 0.05) is 40.8 Å². The summed E-state index contributed by atoms with van der Waals surface area (Å²) in [5, 5.41) is 4.03. The normalized spacial score (nSPS) is 11.3. The van der Waals surface area contributed by atoms with Crippen molar-refractivity contribution in [1.82, 2.24) is 24.8 Å². The number of hydrogen-bond acceptors (Lipinski definition) is 6. The minimum absolute atomic E-state index is 0.115. The van der Waals surface area contributed by atoms with Crippen LogP contribution in [0.15, 0.2) is 71.7 Å². The quantitative estimate of drug-likeness (QED) is 0.286. The van der Waals surface area contributed by atoms with E-state index in [1.165, 1.54) is 0 Å². The van der Waals surface area contributed by atoms with Crippen LogP contribution in [0.25, 0.3) is 33.4 Å². The molecule has 5 rings (SSSR count). The Morgan fingerprint density at radius 3 is 2.46 bits per heavy atom. The first-order valence-corrected chi connectivity index (χ1v) is 12.3. The third-order valence-electron chi connectivity index (χ3n) is 6.21. The van der Waals surface area contributed by atoms with Crippen molar-refractivity contribution in [2.75, 3.05) is 19.4 Å². The number of aromatic nitrogens is 4. The van der Waals surface area contributed by atoms with Gasteiger partial charge in [-0.1, -0.05) is 48.0 Å². The summed E-state index contributed by atoms with van der Waals surface area (Å²) in [5.41, 5.74) is 7.29. The molecule has 0 spiro atoms. The van der Waals surface area contributed by atoms with Gasteiger partial charge in [0.15, 0.2) is 5.82 Å². The highest BCUT2D eigenvalue weighted by atomic mass is 35.5. The molecule has 37 heavy (non-hydrogen) atoms. The van der Waals surface area contributed by atoms with E-state index >= 15 is 0 Å². The molecule has 0 aliphatic rings. The number of fused-ring (bicyclic) bond motifs is 1. The lowest BCUT2D eigenvalue weighted by atomic mass is 9.96. The van der Waals surface area contributed by atoms with Crippen molar-refractivity contribution in [3.63, 3.8) is 0 Å². The topological polar surface area (TPSA) is 86.8 Å². The summed E-state index contributed by atoms with van der Waals surface area (Å²) in [6.07, 6.45) is 1.73. The number of benzene rings is 2. The summed E-state index contributed by atoms with van der Waals surface area (Å²) in [6.45, 7) is 4.48. The van der Waals surface area contributed by atoms with E-state index in [-0.39, 0.29) is 5.56 Å². The second-order valence-electron chi connectivity index (χ2n) is 9.22. The SMILES string of the molecule is Cc1nc(Nc2cccc(-c3cccc(-c4ccc(CN(C)C)c(=O)[nH]4)c3Cl)c2C)c2ncccc2n1. The zero-order chi connectivity index (χ0) is 26.1. The van der Waals surface area contributed by atoms with Crippen molar-refractivity contribution in [3.8, 4) is 22.4 Å². The third-order valence-corrected chi connectivity index (χ3v) is 6.62. The summed E-state index contributed by atoms with van der Waals surface area (Å²) in [4.78, 5) is 31.2. The number of H-pyrrole nitrogens is 1. The van der Waals surface area contributed by atoms with Crippen LogP contribution in [0.3, 0.4) is 0 Å². The number of anilines is 2. The molecule has 0 saturated heterocycles. The summed E-state index contributed by atoms with van der Waals surface area (Å²) in [6, 6.07) is 19.4. The highest BCUT2D eigenvalue weighted by Crippen LogP contribution is 2.39. The number of nitrogens with zero attached hydrogens (tertiary/aromatic N) is 4. The molecule has 186 valence electrons. The molecule has 0 saturated carbocycles. The smallest absolute Gasteiger partial charge is 0.252 e. The molecule has 3 heterocycles. The van der Waals surface area contributed by atoms with E-state index in [0.29, 0.717) is 40.0 Å². The van der Waals surface area contributed by atoms with Gasteiger partial charge in [-0.15, -0.1) is 0 Å². The standard InChI is InChI=1S/C29H27ClN6O/c1-17-20(8-6-11-23(17)34-28-27-25(12-7-15-31-27)32-18(2)33-28)21-9-5-10-22(26(21)30)24-14-13-19(16-36(3)4)29(37)35-24/h5-15H,16H2,1-4H3,(H,35,37)(H,32,33,34). The van der Waals surface area contributed by atoms with Gasteiger partial charge in [0.05, 0.1) is 10.5 Å². The summed E-state index contributed by atoms with van der Waals surface area (Å²) < 4.78 is 0. The Balaban J connectivity index is 1.54. The van der Waals surface area contributed by atoms with Gasteiger partial charge in [-0.2, -0.15) is 0 Å². The molecular weight excluding hydrogens is 484 g/mol. The van der Waals surface area contributed by atoms with E-state index in [9.17, 15) is 4.79 Å². The van der Waals surface area contributed by atoms with Crippen LogP contribution in [0.4, 0.5) is 11.5 Å². The first-order valence-electron chi connectivity index (χ1n) is 11.9. The fraction of sp³-hybridized carbons (Fsp3) is 0.172. The average molecular weight is 511 g/mol. The van der Waals surface area contributed by atoms with Gasteiger partial charge in [-0.05, 0) is 63.3 Å². The number of aryl methyl sites for hydroxylation is 1. The molecular formula is C29H27ClN6O. The van der Waals surface area contributed by atoms with E-state index in [1.807, 2.05) is 93.5 Å². The van der Waals surface area contributed by atoms with E-state index in [4.69, 9.17) is 11.6 Å². The number of halogens is 1. The lowest BCUT2D eigenvalue weighted by Crippen LogP contribution is -2.20. The van der Waals surface area contributed by atoms with Crippen LogP contribution in [-0.2, 0) is 6.54 Å². The van der Waals surface area contributed by atoms with E-state index in [0.717, 1.165) is 33.5 Å². The Morgan fingerprint density at radius 2 is 1.68 bits per heavy atom. The number of rotatable bonds is 6. The lowest BCUT2D eigenvalue weighted by molar-refractivity contribution is 0.400. The molecule has 0 fully saturated rings. The average Bonchev–Trinajstić information content (AvgIpc) is 2.86. The van der Waals surface area contributed by atoms with Crippen LogP contribution in [-0.4, -0.2) is 38.9 Å². The van der Waals surface area contributed by atoms with Crippen LogP contribution in [0.2, 0.25) is 5.02 Å². The molecule has 3 aromatic heterocycles. The van der Waals surface area contributed by atoms with Gasteiger partial charge < -0.3 is 15.2 Å². The van der Waals surface area contributed by atoms with Gasteiger partial charge in [-0.3, -0.25) is 9.78 Å². The molecule has 0 atom stereocenters. The fourth-order valence-corrected chi connectivity index (χ4v) is 4.76. The van der Waals surface area contributed by atoms with Crippen molar-refractivity contribution in [3.05, 3.63) is 99.2 Å². The highest BCUT2D eigenvalue weighted by Gasteiger charge is 2.16. The van der Waals surface area contributed by atoms with Crippen LogP contribution < -0.4 is 10.9 Å². The Hall–Kier alpha value is -4.07. The molecule has 2 N–H and O–H groups in total. The van der Waals surface area contributed by atoms with Crippen LogP contribution >= 0.6 is 11.6 Å². The molecule has 8 heteroatoms. The second kappa shape index (κ2) is 10.1. The summed E-state index contributed by atoms with van der Waals surface area (Å²) >= 11 is 6.96. The number of hydrogen-bond donors (Lipinski definition) is 2. The highest BCUT2D eigenvalue weighted by molar-refractivity contribution is 6.36. The van der Waals surface area contributed by atoms with Crippen LogP contribution in [0, 0.1) is 13.8 Å². The second-order valence-corrected chi connectivity index (χ2v) is 9.60. The Bertz CT molecular complexity index is 1680. The zero-order valence-corrected chi connectivity index (χ0v) is 21.9. The maximum absolute atomic E-state index is 12.7. The van der Waals surface area contributed by atoms with E-state index in [1.54, 1.807) is 6.20 Å². The maximum Gasteiger partial charge on any atom is 0.252 e. The van der Waals surface area contributed by atoms with Gasteiger partial charge in [0.25, 0.3) is 5.56 Å². The molecule has 0 amide bonds. The maximum atomic E-state index is 12.7. The molecule has 5 aromatic rings. The van der Waals surface area contributed by atoms with Gasteiger partial charge in [0.2, 0.25) is 0 Å². The zero-order valence-electron chi connectivity index (χ0n) is 21.1. The molecule has 2 aromatic carbocycles. The Labute approximate surface area is 220 Å². The molecule has 0 radical (unpaired) electrons. The molecule has 0 aliphatic carbocycles. The van der Waals surface area contributed by atoms with Crippen molar-refractivity contribution >= 4 is 34.1 Å². The van der Waals surface area contributed by atoms with Crippen molar-refractivity contribution in [1.29, 1.82) is 0 Å². The predicted molar refractivity (Wildman–Crippen MR) is 150 cm³/mol. The summed E-state index contributed by atoms with van der Waals surface area (Å²) in [7, 11) is 3.87. The van der Waals surface area contributed by atoms with Crippen molar-refractivity contribution in [2.45, 2.75) is 20.4 Å². The molecule has 0 aliphatic heterocycles. The molecule has 0 unspecified atom stereocenters. The van der Waals surface area contributed by atoms with Gasteiger partial charge in [-0.25, -0.2) is 9.97 Å². The van der Waals surface area contributed by atoms with Crippen LogP contribution in [0.1, 0.15) is 17.0 Å². The van der Waals surface area contributed by atoms with E-state index in [2.05, 4.69) is 25.3 Å². The van der Waals surface area contributed by atoms with Gasteiger partial charge >= 0.3 is 0 Å². The summed E-state index contributed by atoms with van der Waals surface area (Å²) in [5.74, 6) is 1.32. The predicted octanol–water partition coefficient (Wildman–Crippen LogP) is 6.12. The Kier molecular flexibility index (Phi) is 6.74. The monoisotopic (exact) mass is 510 g/mol. The minimum atomic E-state index is -0.115. The minimum Gasteiger partial charge on any atom is -0.338 e. The Morgan fingerprint density at radius 1 is 0.919 bits per heavy atom.